The molecule has 1 N–H and O–H groups in total. The zero-order valence-corrected chi connectivity index (χ0v) is 8.95. The third kappa shape index (κ3) is 1.54. The van der Waals surface area contributed by atoms with Crippen molar-refractivity contribution < 1.29 is 9.72 Å². The highest BCUT2D eigenvalue weighted by Gasteiger charge is 2.28. The number of nitro benzene ring substituents is 1. The molecule has 0 bridgehead atoms. The number of hydrogen-bond donors (Lipinski definition) is 1. The second-order valence-electron chi connectivity index (χ2n) is 3.77. The Balaban J connectivity index is 2.68. The summed E-state index contributed by atoms with van der Waals surface area (Å²) in [5.74, 6) is -0.120. The number of ketones is 1. The van der Waals surface area contributed by atoms with Gasteiger partial charge >= 0.3 is 0 Å². The number of benzene rings is 1. The predicted octanol–water partition coefficient (Wildman–Crippen LogP) is 2.16. The fourth-order valence-electron chi connectivity index (χ4n) is 2.14. The molecule has 0 fully saturated rings. The van der Waals surface area contributed by atoms with Crippen LogP contribution in [0.5, 0.6) is 0 Å². The van der Waals surface area contributed by atoms with Crippen molar-refractivity contribution >= 4 is 17.2 Å². The number of nitro groups is 1. The first-order valence-corrected chi connectivity index (χ1v) is 5.16. The van der Waals surface area contributed by atoms with E-state index in [1.54, 1.807) is 13.1 Å². The zero-order valence-electron chi connectivity index (χ0n) is 8.95. The number of Topliss-reactive ketones (excluding diaryl/α,β-unsaturated/α-hetero) is 1. The fraction of sp³-hybridized carbons (Fsp3) is 0.364. The van der Waals surface area contributed by atoms with Crippen molar-refractivity contribution in [3.63, 3.8) is 0 Å². The summed E-state index contributed by atoms with van der Waals surface area (Å²) in [5, 5.41) is 13.8. The van der Waals surface area contributed by atoms with Gasteiger partial charge in [0.15, 0.2) is 5.78 Å². The Morgan fingerprint density at radius 1 is 1.38 bits per heavy atom. The number of rotatable bonds is 2. The van der Waals surface area contributed by atoms with Gasteiger partial charge in [-0.05, 0) is 24.5 Å². The summed E-state index contributed by atoms with van der Waals surface area (Å²) in [7, 11) is 1.75. The number of carbonyl (C=O) groups is 1. The first-order valence-electron chi connectivity index (χ1n) is 5.16. The molecule has 0 amide bonds. The molecular formula is C11H12N2O3. The molecule has 84 valence electrons. The van der Waals surface area contributed by atoms with E-state index < -0.39 is 4.92 Å². The second-order valence-corrected chi connectivity index (χ2v) is 3.77. The van der Waals surface area contributed by atoms with Gasteiger partial charge in [0.1, 0.15) is 5.56 Å². The summed E-state index contributed by atoms with van der Waals surface area (Å²) in [5.41, 5.74) is 1.82. The van der Waals surface area contributed by atoms with E-state index in [1.165, 1.54) is 6.07 Å². The lowest BCUT2D eigenvalue weighted by atomic mass is 9.88. The molecule has 1 aromatic rings. The van der Waals surface area contributed by atoms with Crippen LogP contribution in [0.25, 0.3) is 0 Å². The van der Waals surface area contributed by atoms with Crippen LogP contribution in [0.1, 0.15) is 28.8 Å². The van der Waals surface area contributed by atoms with Gasteiger partial charge in [-0.1, -0.05) is 0 Å². The summed E-state index contributed by atoms with van der Waals surface area (Å²) in [6.45, 7) is 0. The van der Waals surface area contributed by atoms with Crippen molar-refractivity contribution in [3.05, 3.63) is 33.4 Å². The largest absolute Gasteiger partial charge is 0.388 e. The highest BCUT2D eigenvalue weighted by atomic mass is 16.6. The number of carbonyl (C=O) groups excluding carboxylic acids is 1. The van der Waals surface area contributed by atoms with E-state index in [4.69, 9.17) is 0 Å². The van der Waals surface area contributed by atoms with Crippen LogP contribution in [-0.2, 0) is 6.42 Å². The Kier molecular flexibility index (Phi) is 2.60. The average molecular weight is 220 g/mol. The quantitative estimate of drug-likeness (QED) is 0.612. The molecule has 0 atom stereocenters. The van der Waals surface area contributed by atoms with Gasteiger partial charge in [-0.3, -0.25) is 14.9 Å². The molecule has 2 rings (SSSR count). The van der Waals surface area contributed by atoms with Gasteiger partial charge in [0.2, 0.25) is 0 Å². The number of nitrogens with zero attached hydrogens (tertiary/aromatic N) is 1. The van der Waals surface area contributed by atoms with Gasteiger partial charge in [-0.2, -0.15) is 0 Å². The van der Waals surface area contributed by atoms with E-state index in [0.717, 1.165) is 24.1 Å². The van der Waals surface area contributed by atoms with E-state index >= 15 is 0 Å². The minimum Gasteiger partial charge on any atom is -0.388 e. The summed E-state index contributed by atoms with van der Waals surface area (Å²) in [4.78, 5) is 22.1. The molecule has 5 nitrogen and oxygen atoms in total. The van der Waals surface area contributed by atoms with Crippen LogP contribution in [0.15, 0.2) is 12.1 Å². The maximum Gasteiger partial charge on any atom is 0.280 e. The van der Waals surface area contributed by atoms with Crippen molar-refractivity contribution in [3.8, 4) is 0 Å². The second kappa shape index (κ2) is 3.92. The molecule has 1 aliphatic carbocycles. The molecule has 0 aliphatic heterocycles. The molecule has 0 spiro atoms. The van der Waals surface area contributed by atoms with E-state index in [0.29, 0.717) is 12.0 Å². The minimum atomic E-state index is -0.485. The lowest BCUT2D eigenvalue weighted by Crippen LogP contribution is -2.15. The Bertz CT molecular complexity index is 469. The SMILES string of the molecule is CNc1ccc([N+](=O)[O-])c2c1CCCC2=O. The van der Waals surface area contributed by atoms with Gasteiger partial charge in [0.25, 0.3) is 5.69 Å². The van der Waals surface area contributed by atoms with Crippen LogP contribution >= 0.6 is 0 Å². The normalized spacial score (nSPS) is 14.4. The fourth-order valence-corrected chi connectivity index (χ4v) is 2.14. The van der Waals surface area contributed by atoms with E-state index in [-0.39, 0.29) is 11.5 Å². The van der Waals surface area contributed by atoms with Crippen LogP contribution in [0.3, 0.4) is 0 Å². The van der Waals surface area contributed by atoms with Crippen LogP contribution in [0.4, 0.5) is 11.4 Å². The number of anilines is 1. The monoisotopic (exact) mass is 220 g/mol. The van der Waals surface area contributed by atoms with E-state index in [2.05, 4.69) is 5.32 Å². The molecule has 5 heteroatoms. The van der Waals surface area contributed by atoms with Crippen LogP contribution in [0.2, 0.25) is 0 Å². The highest BCUT2D eigenvalue weighted by Crippen LogP contribution is 2.34. The summed E-state index contributed by atoms with van der Waals surface area (Å²) in [6, 6.07) is 3.06. The van der Waals surface area contributed by atoms with Gasteiger partial charge < -0.3 is 5.32 Å². The van der Waals surface area contributed by atoms with Crippen LogP contribution in [0, 0.1) is 10.1 Å². The minimum absolute atomic E-state index is 0.0706. The van der Waals surface area contributed by atoms with Gasteiger partial charge in [0.05, 0.1) is 4.92 Å². The van der Waals surface area contributed by atoms with Crippen LogP contribution < -0.4 is 5.32 Å². The van der Waals surface area contributed by atoms with Crippen LogP contribution in [-0.4, -0.2) is 17.8 Å². The van der Waals surface area contributed by atoms with Crippen molar-refractivity contribution in [2.45, 2.75) is 19.3 Å². The van der Waals surface area contributed by atoms with Gasteiger partial charge in [0, 0.05) is 25.2 Å². The number of fused-ring (bicyclic) bond motifs is 1. The molecule has 0 saturated heterocycles. The lowest BCUT2D eigenvalue weighted by Gasteiger charge is -2.17. The molecular weight excluding hydrogens is 208 g/mol. The number of hydrogen-bond acceptors (Lipinski definition) is 4. The Hall–Kier alpha value is -1.91. The number of nitrogens with one attached hydrogen (secondary N) is 1. The molecule has 16 heavy (non-hydrogen) atoms. The molecule has 0 radical (unpaired) electrons. The lowest BCUT2D eigenvalue weighted by molar-refractivity contribution is -0.385. The Labute approximate surface area is 92.6 Å². The molecule has 0 unspecified atom stereocenters. The summed E-state index contributed by atoms with van der Waals surface area (Å²) in [6.07, 6.45) is 1.89. The maximum atomic E-state index is 11.7. The first-order chi connectivity index (χ1) is 7.65. The maximum absolute atomic E-state index is 11.7. The Morgan fingerprint density at radius 2 is 2.12 bits per heavy atom. The van der Waals surface area contributed by atoms with Gasteiger partial charge in [-0.25, -0.2) is 0 Å². The zero-order chi connectivity index (χ0) is 11.7. The van der Waals surface area contributed by atoms with Crippen molar-refractivity contribution in [2.24, 2.45) is 0 Å². The van der Waals surface area contributed by atoms with Crippen molar-refractivity contribution in [2.75, 3.05) is 12.4 Å². The molecule has 0 heterocycles. The Morgan fingerprint density at radius 3 is 2.75 bits per heavy atom. The van der Waals surface area contributed by atoms with Gasteiger partial charge in [-0.15, -0.1) is 0 Å². The third-order valence-electron chi connectivity index (χ3n) is 2.87. The van der Waals surface area contributed by atoms with Crippen molar-refractivity contribution in [1.82, 2.24) is 0 Å². The highest BCUT2D eigenvalue weighted by molar-refractivity contribution is 6.03. The molecule has 0 saturated carbocycles. The topological polar surface area (TPSA) is 72.2 Å². The predicted molar refractivity (Wildman–Crippen MR) is 59.9 cm³/mol. The molecule has 1 aromatic carbocycles. The molecule has 0 aromatic heterocycles. The smallest absolute Gasteiger partial charge is 0.280 e. The summed E-state index contributed by atoms with van der Waals surface area (Å²) < 4.78 is 0. The van der Waals surface area contributed by atoms with E-state index in [1.807, 2.05) is 0 Å². The van der Waals surface area contributed by atoms with Crippen molar-refractivity contribution in [1.29, 1.82) is 0 Å². The standard InChI is InChI=1S/C11H12N2O3/c1-12-8-5-6-9(13(15)16)11-7(8)3-2-4-10(11)14/h5-6,12H,2-4H2,1H3. The summed E-state index contributed by atoms with van der Waals surface area (Å²) >= 11 is 0. The third-order valence-corrected chi connectivity index (χ3v) is 2.87. The average Bonchev–Trinajstić information content (AvgIpc) is 2.28. The van der Waals surface area contributed by atoms with E-state index in [9.17, 15) is 14.9 Å². The molecule has 1 aliphatic rings. The first kappa shape index (κ1) is 10.6.